The Morgan fingerprint density at radius 2 is 2.11 bits per heavy atom. The maximum absolute atomic E-state index is 12.6. The fourth-order valence-electron chi connectivity index (χ4n) is 3.40. The number of benzene rings is 1. The number of thiophene rings is 1. The SMILES string of the molecule is CC1=C(C(=O)O)N2C(=O)C(NC(=O)[C@@H](N)c3csc4ccccc34)C2SC1. The standard InChI is InChI=1S/C18H17N3O4S2/c1-8-6-27-17-13(16(23)21(17)14(8)18(24)25)20-15(22)12(19)10-7-26-11-5-3-2-4-9(10)11/h2-5,7,12-13,17H,6,19H2,1H3,(H,20,22)(H,24,25)/t12-,13?,17?/m0/s1. The second kappa shape index (κ2) is 6.66. The Hall–Kier alpha value is -2.36. The highest BCUT2D eigenvalue weighted by Gasteiger charge is 2.53. The summed E-state index contributed by atoms with van der Waals surface area (Å²) in [5.41, 5.74) is 7.52. The number of nitrogens with two attached hydrogens (primary N) is 1. The Bertz CT molecular complexity index is 999. The summed E-state index contributed by atoms with van der Waals surface area (Å²) in [5, 5.41) is 14.4. The summed E-state index contributed by atoms with van der Waals surface area (Å²) < 4.78 is 1.04. The number of carbonyl (C=O) groups is 3. The van der Waals surface area contributed by atoms with E-state index >= 15 is 0 Å². The Morgan fingerprint density at radius 3 is 2.85 bits per heavy atom. The lowest BCUT2D eigenvalue weighted by atomic mass is 10.0. The van der Waals surface area contributed by atoms with Crippen molar-refractivity contribution >= 4 is 51.0 Å². The third kappa shape index (κ3) is 2.82. The summed E-state index contributed by atoms with van der Waals surface area (Å²) in [6.07, 6.45) is 0. The lowest BCUT2D eigenvalue weighted by Gasteiger charge is -2.49. The molecule has 140 valence electrons. The molecule has 4 N–H and O–H groups in total. The normalized spacial score (nSPS) is 23.0. The highest BCUT2D eigenvalue weighted by atomic mass is 32.2. The number of rotatable bonds is 4. The van der Waals surface area contributed by atoms with E-state index in [2.05, 4.69) is 5.32 Å². The monoisotopic (exact) mass is 403 g/mol. The molecule has 0 spiro atoms. The van der Waals surface area contributed by atoms with Gasteiger partial charge in [0.1, 0.15) is 23.2 Å². The lowest BCUT2D eigenvalue weighted by Crippen LogP contribution is -2.71. The average molecular weight is 403 g/mol. The summed E-state index contributed by atoms with van der Waals surface area (Å²) in [6, 6.07) is 6.02. The summed E-state index contributed by atoms with van der Waals surface area (Å²) in [6.45, 7) is 1.70. The summed E-state index contributed by atoms with van der Waals surface area (Å²) in [5.74, 6) is -1.48. The zero-order valence-electron chi connectivity index (χ0n) is 14.3. The molecule has 1 saturated heterocycles. The molecule has 1 fully saturated rings. The van der Waals surface area contributed by atoms with Gasteiger partial charge in [0.15, 0.2) is 0 Å². The Morgan fingerprint density at radius 1 is 1.37 bits per heavy atom. The van der Waals surface area contributed by atoms with Gasteiger partial charge in [-0.3, -0.25) is 14.5 Å². The van der Waals surface area contributed by atoms with Gasteiger partial charge in [0, 0.05) is 10.5 Å². The van der Waals surface area contributed by atoms with Gasteiger partial charge in [-0.1, -0.05) is 18.2 Å². The van der Waals surface area contributed by atoms with Crippen LogP contribution in [-0.2, 0) is 14.4 Å². The molecule has 2 unspecified atom stereocenters. The molecule has 0 radical (unpaired) electrons. The van der Waals surface area contributed by atoms with Crippen LogP contribution in [0, 0.1) is 0 Å². The van der Waals surface area contributed by atoms with Crippen LogP contribution in [0.4, 0.5) is 0 Å². The van der Waals surface area contributed by atoms with Crippen molar-refractivity contribution in [3.05, 3.63) is 46.5 Å². The van der Waals surface area contributed by atoms with Gasteiger partial charge in [0.25, 0.3) is 5.91 Å². The van der Waals surface area contributed by atoms with Crippen LogP contribution >= 0.6 is 23.1 Å². The number of fused-ring (bicyclic) bond motifs is 2. The van der Waals surface area contributed by atoms with Gasteiger partial charge in [-0.2, -0.15) is 0 Å². The molecular weight excluding hydrogens is 386 g/mol. The molecule has 2 aromatic rings. The van der Waals surface area contributed by atoms with Crippen molar-refractivity contribution in [2.75, 3.05) is 5.75 Å². The molecule has 2 amide bonds. The second-order valence-corrected chi connectivity index (χ2v) is 8.51. The van der Waals surface area contributed by atoms with E-state index in [9.17, 15) is 19.5 Å². The molecule has 3 atom stereocenters. The number of aliphatic carboxylic acids is 1. The van der Waals surface area contributed by atoms with Crippen molar-refractivity contribution in [1.82, 2.24) is 10.2 Å². The molecule has 1 aromatic carbocycles. The van der Waals surface area contributed by atoms with E-state index in [1.807, 2.05) is 29.6 Å². The Labute approximate surface area is 163 Å². The molecule has 0 aliphatic carbocycles. The third-order valence-corrected chi connectivity index (χ3v) is 7.19. The minimum Gasteiger partial charge on any atom is -0.477 e. The first-order valence-electron chi connectivity index (χ1n) is 8.30. The van der Waals surface area contributed by atoms with E-state index in [0.717, 1.165) is 15.6 Å². The van der Waals surface area contributed by atoms with Crippen molar-refractivity contribution < 1.29 is 19.5 Å². The Kier molecular flexibility index (Phi) is 4.45. The van der Waals surface area contributed by atoms with E-state index in [4.69, 9.17) is 5.73 Å². The number of nitrogens with zero attached hydrogens (tertiary/aromatic N) is 1. The first-order chi connectivity index (χ1) is 12.9. The predicted octanol–water partition coefficient (Wildman–Crippen LogP) is 1.66. The van der Waals surface area contributed by atoms with E-state index in [1.165, 1.54) is 28.0 Å². The van der Waals surface area contributed by atoms with Gasteiger partial charge >= 0.3 is 5.97 Å². The summed E-state index contributed by atoms with van der Waals surface area (Å²) >= 11 is 2.95. The van der Waals surface area contributed by atoms with Crippen LogP contribution in [0.2, 0.25) is 0 Å². The molecule has 0 saturated carbocycles. The number of β-lactam (4-membered cyclic amide) rings is 1. The quantitative estimate of drug-likeness (QED) is 0.669. The van der Waals surface area contributed by atoms with Crippen molar-refractivity contribution in [3.8, 4) is 0 Å². The number of thioether (sulfide) groups is 1. The van der Waals surface area contributed by atoms with Crippen LogP contribution in [-0.4, -0.2) is 45.0 Å². The first kappa shape index (κ1) is 18.0. The lowest BCUT2D eigenvalue weighted by molar-refractivity contribution is -0.150. The minimum absolute atomic E-state index is 0.0161. The van der Waals surface area contributed by atoms with Gasteiger partial charge in [-0.15, -0.1) is 23.1 Å². The van der Waals surface area contributed by atoms with E-state index < -0.39 is 35.2 Å². The van der Waals surface area contributed by atoms with Crippen LogP contribution in [0.3, 0.4) is 0 Å². The molecule has 2 aliphatic rings. The number of amides is 2. The number of hydrogen-bond donors (Lipinski definition) is 3. The van der Waals surface area contributed by atoms with E-state index in [0.29, 0.717) is 11.3 Å². The fraction of sp³-hybridized carbons (Fsp3) is 0.278. The molecule has 1 aromatic heterocycles. The van der Waals surface area contributed by atoms with Crippen LogP contribution in [0.15, 0.2) is 40.9 Å². The van der Waals surface area contributed by atoms with Gasteiger partial charge in [0.2, 0.25) is 5.91 Å². The van der Waals surface area contributed by atoms with Crippen molar-refractivity contribution in [1.29, 1.82) is 0 Å². The molecule has 7 nitrogen and oxygen atoms in total. The number of carboxylic acid groups (broad SMARTS) is 1. The second-order valence-electron chi connectivity index (χ2n) is 6.50. The van der Waals surface area contributed by atoms with Crippen LogP contribution < -0.4 is 11.1 Å². The Balaban J connectivity index is 1.51. The smallest absolute Gasteiger partial charge is 0.352 e. The van der Waals surface area contributed by atoms with Crippen molar-refractivity contribution in [2.45, 2.75) is 24.4 Å². The largest absolute Gasteiger partial charge is 0.477 e. The van der Waals surface area contributed by atoms with Gasteiger partial charge < -0.3 is 16.2 Å². The third-order valence-electron chi connectivity index (χ3n) is 4.79. The molecule has 2 aliphatic heterocycles. The topological polar surface area (TPSA) is 113 Å². The van der Waals surface area contributed by atoms with E-state index in [-0.39, 0.29) is 5.70 Å². The molecule has 3 heterocycles. The summed E-state index contributed by atoms with van der Waals surface area (Å²) in [4.78, 5) is 37.8. The van der Waals surface area contributed by atoms with Crippen molar-refractivity contribution in [3.63, 3.8) is 0 Å². The molecular formula is C18H17N3O4S2. The number of carboxylic acids is 1. The molecule has 9 heteroatoms. The zero-order valence-corrected chi connectivity index (χ0v) is 16.0. The van der Waals surface area contributed by atoms with Gasteiger partial charge in [-0.25, -0.2) is 4.79 Å². The minimum atomic E-state index is -1.13. The fourth-order valence-corrected chi connectivity index (χ4v) is 5.69. The maximum Gasteiger partial charge on any atom is 0.352 e. The molecule has 0 bridgehead atoms. The molecule has 4 rings (SSSR count). The van der Waals surface area contributed by atoms with Gasteiger partial charge in [-0.05, 0) is 34.9 Å². The van der Waals surface area contributed by atoms with E-state index in [1.54, 1.807) is 6.92 Å². The molecule has 27 heavy (non-hydrogen) atoms. The zero-order chi connectivity index (χ0) is 19.3. The first-order valence-corrected chi connectivity index (χ1v) is 10.2. The van der Waals surface area contributed by atoms with Gasteiger partial charge in [0.05, 0.1) is 0 Å². The van der Waals surface area contributed by atoms with Crippen molar-refractivity contribution in [2.24, 2.45) is 5.73 Å². The highest BCUT2D eigenvalue weighted by Crippen LogP contribution is 2.40. The maximum atomic E-state index is 12.6. The highest BCUT2D eigenvalue weighted by molar-refractivity contribution is 8.00. The van der Waals surface area contributed by atoms with Crippen LogP contribution in [0.1, 0.15) is 18.5 Å². The average Bonchev–Trinajstić information content (AvgIpc) is 3.08. The number of nitrogens with one attached hydrogen (secondary N) is 1. The summed E-state index contributed by atoms with van der Waals surface area (Å²) in [7, 11) is 0. The van der Waals surface area contributed by atoms with Crippen LogP contribution in [0.25, 0.3) is 10.1 Å². The number of hydrogen-bond acceptors (Lipinski definition) is 6. The number of carbonyl (C=O) groups excluding carboxylic acids is 2. The van der Waals surface area contributed by atoms with Crippen LogP contribution in [0.5, 0.6) is 0 Å². The predicted molar refractivity (Wildman–Crippen MR) is 104 cm³/mol.